The van der Waals surface area contributed by atoms with Crippen molar-refractivity contribution in [3.05, 3.63) is 99.1 Å². The number of ether oxygens (including phenoxy) is 6. The number of rotatable bonds is 19. The van der Waals surface area contributed by atoms with Crippen LogP contribution in [0.2, 0.25) is 0 Å². The molecule has 0 radical (unpaired) electrons. The Hall–Kier alpha value is -5.60. The van der Waals surface area contributed by atoms with E-state index in [0.29, 0.717) is 92.5 Å². The second-order valence-electron chi connectivity index (χ2n) is 14.3. The van der Waals surface area contributed by atoms with E-state index in [9.17, 15) is 0 Å². The quantitative estimate of drug-likeness (QED) is 0.0310. The zero-order valence-corrected chi connectivity index (χ0v) is 40.6. The minimum Gasteiger partial charge on any atom is -0.491 e. The van der Waals surface area contributed by atoms with Gasteiger partial charge in [-0.1, -0.05) is 6.07 Å². The molecule has 0 heterocycles. The van der Waals surface area contributed by atoms with Crippen LogP contribution in [-0.4, -0.2) is 83.3 Å². The molecule has 4 aromatic carbocycles. The molecule has 18 nitrogen and oxygen atoms in total. The number of nitrogens with two attached hydrogens (primary N) is 8. The fourth-order valence-electron chi connectivity index (χ4n) is 7.24. The summed E-state index contributed by atoms with van der Waals surface area (Å²) in [5, 5.41) is 0. The highest BCUT2D eigenvalue weighted by molar-refractivity contribution is 5.86. The third kappa shape index (κ3) is 17.7. The van der Waals surface area contributed by atoms with Crippen LogP contribution in [0.5, 0.6) is 17.2 Å². The molecule has 0 spiro atoms. The minimum atomic E-state index is -0.121. The Morgan fingerprint density at radius 1 is 0.364 bits per heavy atom. The highest BCUT2D eigenvalue weighted by atomic mass is 35.5. The molecule has 0 unspecified atom stereocenters. The molecule has 8 bridgehead atoms. The standard InChI is InChI=1S/C44H60N12O6.4ClH/c1-4-57-7-10-60-38-28-14-26-13-27(17-34(16-26)53-41(45)46)15-29-21-36(55-43(49)50)23-31(39(29)61-11-8-58-5-2)19-33-25-37(56-44(51)52)24-32(40(33)62-12-9-59-6-3)18-30(38)22-35(20-28)54-42(47)48;;;;/h13,16-17,20-25H,4-12,14-15,18-19H2,1-3H3,(H4,45,46,53)(H4,47,48,54)(H4,49,50,55)(H4,51,52,56);4*1H. The summed E-state index contributed by atoms with van der Waals surface area (Å²) in [5.41, 5.74) is 56.1. The van der Waals surface area contributed by atoms with Gasteiger partial charge >= 0.3 is 0 Å². The van der Waals surface area contributed by atoms with Crippen LogP contribution in [0.4, 0.5) is 22.7 Å². The zero-order valence-electron chi connectivity index (χ0n) is 37.4. The van der Waals surface area contributed by atoms with Gasteiger partial charge in [0.25, 0.3) is 0 Å². The maximum absolute atomic E-state index is 6.67. The van der Waals surface area contributed by atoms with Crippen LogP contribution >= 0.6 is 49.6 Å². The third-order valence-corrected chi connectivity index (χ3v) is 9.34. The Morgan fingerprint density at radius 3 is 0.848 bits per heavy atom. The molecule has 66 heavy (non-hydrogen) atoms. The Kier molecular flexibility index (Phi) is 25.8. The Labute approximate surface area is 410 Å². The molecule has 1 aliphatic carbocycles. The molecule has 0 atom stereocenters. The van der Waals surface area contributed by atoms with Crippen molar-refractivity contribution in [3.8, 4) is 17.2 Å². The molecule has 0 saturated carbocycles. The lowest BCUT2D eigenvalue weighted by Crippen LogP contribution is -2.22. The molecule has 0 saturated heterocycles. The number of aliphatic imine (C=N–C) groups is 4. The average Bonchev–Trinajstić information content (AvgIpc) is 3.17. The Bertz CT molecular complexity index is 2170. The van der Waals surface area contributed by atoms with E-state index in [2.05, 4.69) is 26.0 Å². The Morgan fingerprint density at radius 2 is 0.606 bits per heavy atom. The first-order valence-corrected chi connectivity index (χ1v) is 20.5. The van der Waals surface area contributed by atoms with Crippen molar-refractivity contribution < 1.29 is 28.4 Å². The topological polar surface area (TPSA) is 313 Å². The number of hydrogen-bond acceptors (Lipinski definition) is 10. The van der Waals surface area contributed by atoms with Gasteiger partial charge in [0.2, 0.25) is 0 Å². The highest BCUT2D eigenvalue weighted by Gasteiger charge is 2.23. The fraction of sp³-hybridized carbons (Fsp3) is 0.364. The third-order valence-electron chi connectivity index (χ3n) is 9.34. The number of benzene rings is 4. The van der Waals surface area contributed by atoms with E-state index in [1.807, 2.05) is 69.3 Å². The molecule has 0 fully saturated rings. The van der Waals surface area contributed by atoms with Crippen LogP contribution in [-0.2, 0) is 39.9 Å². The summed E-state index contributed by atoms with van der Waals surface area (Å²) < 4.78 is 37.0. The first-order chi connectivity index (χ1) is 29.8. The van der Waals surface area contributed by atoms with E-state index in [1.54, 1.807) is 0 Å². The molecule has 22 heteroatoms. The average molecular weight is 999 g/mol. The molecule has 16 N–H and O–H groups in total. The maximum atomic E-state index is 6.67. The monoisotopic (exact) mass is 996 g/mol. The fourth-order valence-corrected chi connectivity index (χ4v) is 7.24. The lowest BCUT2D eigenvalue weighted by Gasteiger charge is -2.23. The summed E-state index contributed by atoms with van der Waals surface area (Å²) in [5.74, 6) is 1.39. The van der Waals surface area contributed by atoms with Gasteiger partial charge in [0.15, 0.2) is 23.8 Å². The van der Waals surface area contributed by atoms with Crippen molar-refractivity contribution in [1.82, 2.24) is 0 Å². The zero-order chi connectivity index (χ0) is 44.6. The predicted molar refractivity (Wildman–Crippen MR) is 274 cm³/mol. The second kappa shape index (κ2) is 29.1. The number of fused-ring (bicyclic) bond motifs is 8. The Balaban J connectivity index is 0.00000544. The van der Waals surface area contributed by atoms with Crippen molar-refractivity contribution in [2.75, 3.05) is 59.5 Å². The van der Waals surface area contributed by atoms with Crippen molar-refractivity contribution >= 4 is 96.2 Å². The van der Waals surface area contributed by atoms with Crippen molar-refractivity contribution in [1.29, 1.82) is 0 Å². The van der Waals surface area contributed by atoms with Crippen molar-refractivity contribution in [2.45, 2.75) is 46.5 Å². The molecule has 1 aliphatic rings. The molecule has 5 rings (SSSR count). The van der Waals surface area contributed by atoms with Gasteiger partial charge in [-0.2, -0.15) is 0 Å². The van der Waals surface area contributed by atoms with Gasteiger partial charge in [-0.3, -0.25) is 0 Å². The van der Waals surface area contributed by atoms with E-state index in [4.69, 9.17) is 74.3 Å². The predicted octanol–water partition coefficient (Wildman–Crippen LogP) is 4.92. The van der Waals surface area contributed by atoms with E-state index in [-0.39, 0.29) is 106 Å². The smallest absolute Gasteiger partial charge is 0.191 e. The maximum Gasteiger partial charge on any atom is 0.191 e. The summed E-state index contributed by atoms with van der Waals surface area (Å²) in [6.45, 7) is 9.22. The van der Waals surface area contributed by atoms with Gasteiger partial charge in [-0.25, -0.2) is 20.0 Å². The van der Waals surface area contributed by atoms with Gasteiger partial charge in [0.1, 0.15) is 37.1 Å². The first-order valence-electron chi connectivity index (χ1n) is 20.5. The molecule has 364 valence electrons. The highest BCUT2D eigenvalue weighted by Crippen LogP contribution is 2.41. The largest absolute Gasteiger partial charge is 0.491 e. The van der Waals surface area contributed by atoms with Gasteiger partial charge in [0.05, 0.1) is 42.6 Å². The van der Waals surface area contributed by atoms with Crippen LogP contribution < -0.4 is 60.1 Å². The number of hydrogen-bond donors (Lipinski definition) is 8. The number of halogens is 4. The van der Waals surface area contributed by atoms with Crippen LogP contribution in [0, 0.1) is 0 Å². The number of guanidine groups is 4. The summed E-state index contributed by atoms with van der Waals surface area (Å²) >= 11 is 0. The molecule has 0 aliphatic heterocycles. The summed E-state index contributed by atoms with van der Waals surface area (Å²) in [6.07, 6.45) is 1.26. The van der Waals surface area contributed by atoms with E-state index in [0.717, 1.165) is 44.5 Å². The van der Waals surface area contributed by atoms with Crippen molar-refractivity contribution in [2.24, 2.45) is 65.8 Å². The van der Waals surface area contributed by atoms with Crippen LogP contribution in [0.1, 0.15) is 65.3 Å². The minimum absolute atomic E-state index is 0. The van der Waals surface area contributed by atoms with Gasteiger partial charge in [-0.05, 0) is 80.4 Å². The van der Waals surface area contributed by atoms with Gasteiger partial charge < -0.3 is 74.3 Å². The summed E-state index contributed by atoms with van der Waals surface area (Å²) in [6, 6.07) is 17.2. The SMILES string of the molecule is CCOCCOc1c2cc(N=C(N)N)cc1Cc1cc(N=C(N)N)cc(c1OCCOCC)Cc1cc(N=C(N)N)cc(c1OCCOCC)Cc1cc(cc(N=C(N)N)c1)C2.Cl.Cl.Cl.Cl. The lowest BCUT2D eigenvalue weighted by molar-refractivity contribution is 0.109. The second-order valence-corrected chi connectivity index (χ2v) is 14.3. The normalized spacial score (nSPS) is 11.1. The van der Waals surface area contributed by atoms with Crippen LogP contribution in [0.25, 0.3) is 0 Å². The molecule has 0 aromatic heterocycles. The van der Waals surface area contributed by atoms with E-state index >= 15 is 0 Å². The first kappa shape index (κ1) is 58.4. The van der Waals surface area contributed by atoms with E-state index < -0.39 is 0 Å². The summed E-state index contributed by atoms with van der Waals surface area (Å²) in [7, 11) is 0. The number of nitrogens with zero attached hydrogens (tertiary/aromatic N) is 4. The lowest BCUT2D eigenvalue weighted by atomic mass is 9.90. The van der Waals surface area contributed by atoms with Crippen molar-refractivity contribution in [3.63, 3.8) is 0 Å². The molecule has 0 amide bonds. The van der Waals surface area contributed by atoms with Gasteiger partial charge in [0, 0.05) is 78.9 Å². The summed E-state index contributed by atoms with van der Waals surface area (Å²) in [4.78, 5) is 17.9. The molecular formula is C44H64Cl4N12O6. The van der Waals surface area contributed by atoms with Gasteiger partial charge in [-0.15, -0.1) is 49.6 Å². The van der Waals surface area contributed by atoms with E-state index in [1.165, 1.54) is 0 Å². The van der Waals surface area contributed by atoms with Crippen LogP contribution in [0.15, 0.2) is 74.6 Å². The molecular weight excluding hydrogens is 934 g/mol. The molecule has 4 aromatic rings. The van der Waals surface area contributed by atoms with Crippen LogP contribution in [0.3, 0.4) is 0 Å².